The van der Waals surface area contributed by atoms with Gasteiger partial charge in [-0.2, -0.15) is 0 Å². The zero-order valence-corrected chi connectivity index (χ0v) is 13.4. The average molecular weight is 298 g/mol. The van der Waals surface area contributed by atoms with Crippen molar-refractivity contribution in [1.82, 2.24) is 0 Å². The fourth-order valence-corrected chi connectivity index (χ4v) is 4.61. The molecule has 21 heavy (non-hydrogen) atoms. The monoisotopic (exact) mass is 298 g/mol. The summed E-state index contributed by atoms with van der Waals surface area (Å²) in [5, 5.41) is 5.81. The number of rotatable bonds is 4. The van der Waals surface area contributed by atoms with Crippen molar-refractivity contribution in [3.63, 3.8) is 0 Å². The zero-order chi connectivity index (χ0) is 14.9. The Hall–Kier alpha value is -1.72. The van der Waals surface area contributed by atoms with E-state index in [1.54, 1.807) is 21.3 Å². The molecule has 0 amide bonds. The summed E-state index contributed by atoms with van der Waals surface area (Å²) in [4.78, 5) is 0. The van der Waals surface area contributed by atoms with Gasteiger partial charge in [0, 0.05) is 26.5 Å². The molecule has 0 N–H and O–H groups in total. The highest BCUT2D eigenvalue weighted by atomic mass is 28.4. The second-order valence-electron chi connectivity index (χ2n) is 4.89. The Morgan fingerprint density at radius 3 is 1.90 bits per heavy atom. The van der Waals surface area contributed by atoms with Crippen molar-refractivity contribution in [1.29, 1.82) is 0 Å². The molecule has 0 heterocycles. The van der Waals surface area contributed by atoms with Gasteiger partial charge in [-0.05, 0) is 27.6 Å². The van der Waals surface area contributed by atoms with Crippen LogP contribution in [0.15, 0.2) is 54.6 Å². The molecular weight excluding hydrogens is 280 g/mol. The molecule has 0 saturated carbocycles. The molecular formula is C17H18O3Si. The van der Waals surface area contributed by atoms with Crippen LogP contribution >= 0.6 is 0 Å². The minimum Gasteiger partial charge on any atom is -0.373 e. The first-order valence-corrected chi connectivity index (χ1v) is 8.54. The van der Waals surface area contributed by atoms with E-state index in [9.17, 15) is 0 Å². The van der Waals surface area contributed by atoms with Crippen LogP contribution in [0.5, 0.6) is 0 Å². The lowest BCUT2D eigenvalue weighted by Gasteiger charge is -2.24. The molecule has 3 aromatic carbocycles. The minimum absolute atomic E-state index is 0.971. The Bertz CT molecular complexity index is 773. The minimum atomic E-state index is -2.80. The van der Waals surface area contributed by atoms with E-state index in [0.717, 1.165) is 5.19 Å². The molecule has 0 spiro atoms. The first-order chi connectivity index (χ1) is 10.2. The summed E-state index contributed by atoms with van der Waals surface area (Å²) in [5.41, 5.74) is 0. The van der Waals surface area contributed by atoms with Crippen LogP contribution in [0.1, 0.15) is 0 Å². The molecule has 0 aromatic heterocycles. The number of benzene rings is 3. The van der Waals surface area contributed by atoms with E-state index in [-0.39, 0.29) is 0 Å². The van der Waals surface area contributed by atoms with Crippen LogP contribution in [0.2, 0.25) is 0 Å². The van der Waals surface area contributed by atoms with Gasteiger partial charge in [-0.25, -0.2) is 0 Å². The van der Waals surface area contributed by atoms with E-state index in [1.165, 1.54) is 21.5 Å². The van der Waals surface area contributed by atoms with Crippen molar-refractivity contribution >= 4 is 35.5 Å². The van der Waals surface area contributed by atoms with Crippen LogP contribution in [0.25, 0.3) is 21.5 Å². The van der Waals surface area contributed by atoms with Crippen LogP contribution in [0.3, 0.4) is 0 Å². The van der Waals surface area contributed by atoms with Crippen LogP contribution in [-0.2, 0) is 13.3 Å². The summed E-state index contributed by atoms with van der Waals surface area (Å²) in [5.74, 6) is 0. The van der Waals surface area contributed by atoms with E-state index in [4.69, 9.17) is 13.3 Å². The Balaban J connectivity index is 2.30. The average Bonchev–Trinajstić information content (AvgIpc) is 2.57. The third-order valence-corrected chi connectivity index (χ3v) is 6.54. The highest BCUT2D eigenvalue weighted by molar-refractivity contribution is 6.75. The van der Waals surface area contributed by atoms with E-state index in [2.05, 4.69) is 48.5 Å². The van der Waals surface area contributed by atoms with Gasteiger partial charge in [0.05, 0.1) is 0 Å². The predicted octanol–water partition coefficient (Wildman–Crippen LogP) is 3.08. The topological polar surface area (TPSA) is 27.7 Å². The van der Waals surface area contributed by atoms with Crippen LogP contribution in [0.4, 0.5) is 0 Å². The molecule has 0 unspecified atom stereocenters. The molecule has 108 valence electrons. The van der Waals surface area contributed by atoms with Crippen molar-refractivity contribution in [2.75, 3.05) is 21.3 Å². The second-order valence-corrected chi connectivity index (χ2v) is 7.81. The molecule has 3 aromatic rings. The second kappa shape index (κ2) is 5.58. The van der Waals surface area contributed by atoms with Crippen LogP contribution in [-0.4, -0.2) is 30.1 Å². The van der Waals surface area contributed by atoms with Crippen LogP contribution in [0, 0.1) is 0 Å². The SMILES string of the molecule is CO[Si](OC)(OC)c1ccc2ccc3ccccc3c2c1. The molecule has 0 radical (unpaired) electrons. The molecule has 4 heteroatoms. The third kappa shape index (κ3) is 2.26. The number of fused-ring (bicyclic) bond motifs is 3. The number of hydrogen-bond donors (Lipinski definition) is 0. The smallest absolute Gasteiger partial charge is 0.373 e. The molecule has 0 atom stereocenters. The molecule has 3 nitrogen and oxygen atoms in total. The highest BCUT2D eigenvalue weighted by Crippen LogP contribution is 2.25. The molecule has 3 rings (SSSR count). The molecule has 0 saturated heterocycles. The Kier molecular flexibility index (Phi) is 3.78. The standard InChI is InChI=1S/C17H18O3Si/c1-18-21(19-2,20-3)15-11-10-14-9-8-13-6-4-5-7-16(13)17(14)12-15/h4-12H,1-3H3. The summed E-state index contributed by atoms with van der Waals surface area (Å²) < 4.78 is 16.7. The first kappa shape index (κ1) is 14.2. The molecule has 0 aliphatic rings. The molecule has 0 fully saturated rings. The molecule has 0 bridgehead atoms. The maximum absolute atomic E-state index is 5.58. The van der Waals surface area contributed by atoms with Gasteiger partial charge in [-0.15, -0.1) is 0 Å². The van der Waals surface area contributed by atoms with Gasteiger partial charge in [-0.1, -0.05) is 48.5 Å². The normalized spacial score (nSPS) is 12.1. The Morgan fingerprint density at radius 1 is 0.667 bits per heavy atom. The first-order valence-electron chi connectivity index (χ1n) is 6.81. The summed E-state index contributed by atoms with van der Waals surface area (Å²) in [6.45, 7) is 0. The van der Waals surface area contributed by atoms with Crippen molar-refractivity contribution < 1.29 is 13.3 Å². The summed E-state index contributed by atoms with van der Waals surface area (Å²) in [7, 11) is 2.10. The van der Waals surface area contributed by atoms with E-state index in [1.807, 2.05) is 6.07 Å². The quantitative estimate of drug-likeness (QED) is 0.547. The van der Waals surface area contributed by atoms with Gasteiger partial charge in [0.15, 0.2) is 0 Å². The van der Waals surface area contributed by atoms with Crippen molar-refractivity contribution in [3.05, 3.63) is 54.6 Å². The van der Waals surface area contributed by atoms with Crippen molar-refractivity contribution in [2.45, 2.75) is 0 Å². The fraction of sp³-hybridized carbons (Fsp3) is 0.176. The zero-order valence-electron chi connectivity index (χ0n) is 12.4. The maximum atomic E-state index is 5.58. The Morgan fingerprint density at radius 2 is 1.24 bits per heavy atom. The van der Waals surface area contributed by atoms with E-state index < -0.39 is 8.80 Å². The van der Waals surface area contributed by atoms with Gasteiger partial charge < -0.3 is 13.3 Å². The summed E-state index contributed by atoms with van der Waals surface area (Å²) in [6.07, 6.45) is 0. The van der Waals surface area contributed by atoms with Crippen LogP contribution < -0.4 is 5.19 Å². The van der Waals surface area contributed by atoms with E-state index in [0.29, 0.717) is 0 Å². The van der Waals surface area contributed by atoms with Crippen molar-refractivity contribution in [2.24, 2.45) is 0 Å². The number of hydrogen-bond acceptors (Lipinski definition) is 3. The predicted molar refractivity (Wildman–Crippen MR) is 87.9 cm³/mol. The molecule has 0 aliphatic carbocycles. The highest BCUT2D eigenvalue weighted by Gasteiger charge is 2.40. The lowest BCUT2D eigenvalue weighted by molar-refractivity contribution is 0.140. The fourth-order valence-electron chi connectivity index (χ4n) is 2.80. The van der Waals surface area contributed by atoms with Gasteiger partial charge in [-0.3, -0.25) is 0 Å². The summed E-state index contributed by atoms with van der Waals surface area (Å²) >= 11 is 0. The lowest BCUT2D eigenvalue weighted by Crippen LogP contribution is -2.54. The maximum Gasteiger partial charge on any atom is 0.536 e. The van der Waals surface area contributed by atoms with Gasteiger partial charge in [0.1, 0.15) is 0 Å². The third-order valence-electron chi connectivity index (χ3n) is 3.91. The summed E-state index contributed by atoms with van der Waals surface area (Å²) in [6, 6.07) is 18.9. The van der Waals surface area contributed by atoms with E-state index >= 15 is 0 Å². The van der Waals surface area contributed by atoms with Gasteiger partial charge in [0.2, 0.25) is 0 Å². The Labute approximate surface area is 125 Å². The lowest BCUT2D eigenvalue weighted by atomic mass is 10.0. The van der Waals surface area contributed by atoms with Gasteiger partial charge in [0.25, 0.3) is 0 Å². The largest absolute Gasteiger partial charge is 0.536 e. The van der Waals surface area contributed by atoms with Crippen molar-refractivity contribution in [3.8, 4) is 0 Å². The molecule has 0 aliphatic heterocycles. The van der Waals surface area contributed by atoms with Gasteiger partial charge >= 0.3 is 8.80 Å².